The molecule has 0 aromatic carbocycles. The largest absolute Gasteiger partial charge is 0.352 e. The zero-order chi connectivity index (χ0) is 11.7. The zero-order valence-electron chi connectivity index (χ0n) is 9.77. The molecule has 2 unspecified atom stereocenters. The van der Waals surface area contributed by atoms with Crippen molar-refractivity contribution >= 4 is 29.2 Å². The lowest BCUT2D eigenvalue weighted by Crippen LogP contribution is -2.45. The highest BCUT2D eigenvalue weighted by molar-refractivity contribution is 8.00. The number of nitrogens with zero attached hydrogens (tertiary/aromatic N) is 3. The van der Waals surface area contributed by atoms with Crippen LogP contribution in [0, 0.1) is 6.92 Å². The van der Waals surface area contributed by atoms with Gasteiger partial charge in [0, 0.05) is 35.3 Å². The molecule has 2 atom stereocenters. The molecule has 1 aliphatic heterocycles. The molecule has 1 aromatic heterocycles. The minimum atomic E-state index is 0.332. The van der Waals surface area contributed by atoms with Crippen LogP contribution < -0.4 is 4.90 Å². The summed E-state index contributed by atoms with van der Waals surface area (Å²) >= 11 is 7.88. The molecule has 3 nitrogen and oxygen atoms in total. The van der Waals surface area contributed by atoms with Gasteiger partial charge < -0.3 is 4.90 Å². The summed E-state index contributed by atoms with van der Waals surface area (Å²) < 4.78 is 0. The SMILES string of the molecule is Cc1cnc(Cl)nc1N1CCSC(C)C1C. The molecule has 0 spiro atoms. The van der Waals surface area contributed by atoms with Crippen LogP contribution in [-0.4, -0.2) is 33.6 Å². The van der Waals surface area contributed by atoms with Crippen LogP contribution in [-0.2, 0) is 0 Å². The van der Waals surface area contributed by atoms with Gasteiger partial charge in [-0.1, -0.05) is 6.92 Å². The van der Waals surface area contributed by atoms with E-state index in [9.17, 15) is 0 Å². The van der Waals surface area contributed by atoms with Gasteiger partial charge in [0.1, 0.15) is 5.82 Å². The van der Waals surface area contributed by atoms with E-state index >= 15 is 0 Å². The zero-order valence-corrected chi connectivity index (χ0v) is 11.3. The standard InChI is InChI=1S/C11H16ClN3S/c1-7-6-13-11(12)14-10(7)15-4-5-16-9(3)8(15)2/h6,8-9H,4-5H2,1-3H3. The van der Waals surface area contributed by atoms with Gasteiger partial charge in [0.2, 0.25) is 5.28 Å². The van der Waals surface area contributed by atoms with E-state index in [4.69, 9.17) is 11.6 Å². The van der Waals surface area contributed by atoms with Gasteiger partial charge in [0.25, 0.3) is 0 Å². The predicted molar refractivity (Wildman–Crippen MR) is 70.5 cm³/mol. The van der Waals surface area contributed by atoms with Gasteiger partial charge in [-0.05, 0) is 25.4 Å². The van der Waals surface area contributed by atoms with E-state index in [-0.39, 0.29) is 0 Å². The smallest absolute Gasteiger partial charge is 0.224 e. The third kappa shape index (κ3) is 2.28. The molecule has 2 heterocycles. The van der Waals surface area contributed by atoms with Gasteiger partial charge in [0.05, 0.1) is 0 Å². The number of hydrogen-bond donors (Lipinski definition) is 0. The number of thioether (sulfide) groups is 1. The van der Waals surface area contributed by atoms with Crippen molar-refractivity contribution in [3.05, 3.63) is 17.0 Å². The van der Waals surface area contributed by atoms with Crippen LogP contribution in [0.3, 0.4) is 0 Å². The summed E-state index contributed by atoms with van der Waals surface area (Å²) in [5, 5.41) is 0.959. The minimum absolute atomic E-state index is 0.332. The summed E-state index contributed by atoms with van der Waals surface area (Å²) in [7, 11) is 0. The van der Waals surface area contributed by atoms with E-state index < -0.39 is 0 Å². The van der Waals surface area contributed by atoms with Gasteiger partial charge in [-0.15, -0.1) is 0 Å². The molecule has 0 amide bonds. The van der Waals surface area contributed by atoms with E-state index in [1.807, 2.05) is 18.7 Å². The quantitative estimate of drug-likeness (QED) is 0.724. The van der Waals surface area contributed by atoms with Crippen molar-refractivity contribution in [3.63, 3.8) is 0 Å². The van der Waals surface area contributed by atoms with Gasteiger partial charge >= 0.3 is 0 Å². The predicted octanol–water partition coefficient (Wildman–Crippen LogP) is 2.77. The summed E-state index contributed by atoms with van der Waals surface area (Å²) in [5.74, 6) is 2.13. The van der Waals surface area contributed by atoms with E-state index in [0.717, 1.165) is 23.7 Å². The molecule has 2 rings (SSSR count). The van der Waals surface area contributed by atoms with Crippen LogP contribution in [0.2, 0.25) is 5.28 Å². The highest BCUT2D eigenvalue weighted by Gasteiger charge is 2.27. The Balaban J connectivity index is 2.31. The maximum atomic E-state index is 5.87. The molecule has 5 heteroatoms. The Labute approximate surface area is 106 Å². The Morgan fingerprint density at radius 2 is 2.25 bits per heavy atom. The van der Waals surface area contributed by atoms with Crippen molar-refractivity contribution in [2.75, 3.05) is 17.2 Å². The lowest BCUT2D eigenvalue weighted by atomic mass is 10.2. The highest BCUT2D eigenvalue weighted by Crippen LogP contribution is 2.29. The Morgan fingerprint density at radius 3 is 3.00 bits per heavy atom. The fourth-order valence-corrected chi connectivity index (χ4v) is 3.16. The molecule has 1 fully saturated rings. The van der Waals surface area contributed by atoms with Gasteiger partial charge in [-0.2, -0.15) is 11.8 Å². The fourth-order valence-electron chi connectivity index (χ4n) is 1.94. The van der Waals surface area contributed by atoms with Gasteiger partial charge in [-0.3, -0.25) is 0 Å². The maximum absolute atomic E-state index is 5.87. The van der Waals surface area contributed by atoms with Crippen LogP contribution in [0.15, 0.2) is 6.20 Å². The van der Waals surface area contributed by atoms with E-state index in [1.54, 1.807) is 6.20 Å². The molecule has 1 aromatic rings. The van der Waals surface area contributed by atoms with Crippen LogP contribution in [0.25, 0.3) is 0 Å². The normalized spacial score (nSPS) is 25.9. The van der Waals surface area contributed by atoms with Crippen LogP contribution in [0.1, 0.15) is 19.4 Å². The second kappa shape index (κ2) is 4.80. The van der Waals surface area contributed by atoms with E-state index in [1.165, 1.54) is 0 Å². The Bertz CT molecular complexity index is 385. The lowest BCUT2D eigenvalue weighted by molar-refractivity contribution is 0.618. The molecule has 0 saturated carbocycles. The fraction of sp³-hybridized carbons (Fsp3) is 0.636. The number of rotatable bonds is 1. The number of aromatic nitrogens is 2. The number of halogens is 1. The molecular formula is C11H16ClN3S. The summed E-state index contributed by atoms with van der Waals surface area (Å²) in [6.07, 6.45) is 1.80. The molecule has 1 aliphatic rings. The van der Waals surface area contributed by atoms with Crippen LogP contribution in [0.5, 0.6) is 0 Å². The molecule has 0 radical (unpaired) electrons. The first-order valence-corrected chi connectivity index (χ1v) is 6.89. The number of anilines is 1. The first-order chi connectivity index (χ1) is 7.59. The average molecular weight is 258 g/mol. The third-order valence-corrected chi connectivity index (χ3v) is 4.59. The Hall–Kier alpha value is -0.480. The summed E-state index contributed by atoms with van der Waals surface area (Å²) in [6.45, 7) is 7.57. The van der Waals surface area contributed by atoms with Gasteiger partial charge in [0.15, 0.2) is 0 Å². The van der Waals surface area contributed by atoms with Crippen molar-refractivity contribution in [1.82, 2.24) is 9.97 Å². The van der Waals surface area contributed by atoms with Crippen molar-refractivity contribution in [1.29, 1.82) is 0 Å². The molecule has 0 bridgehead atoms. The maximum Gasteiger partial charge on any atom is 0.224 e. The molecule has 16 heavy (non-hydrogen) atoms. The molecule has 0 N–H and O–H groups in total. The monoisotopic (exact) mass is 257 g/mol. The van der Waals surface area contributed by atoms with E-state index in [2.05, 4.69) is 28.7 Å². The summed E-state index contributed by atoms with van der Waals surface area (Å²) in [6, 6.07) is 0.489. The Kier molecular flexibility index (Phi) is 3.60. The first-order valence-electron chi connectivity index (χ1n) is 5.47. The third-order valence-electron chi connectivity index (χ3n) is 3.07. The van der Waals surface area contributed by atoms with E-state index in [0.29, 0.717) is 16.6 Å². The highest BCUT2D eigenvalue weighted by atomic mass is 35.5. The minimum Gasteiger partial charge on any atom is -0.352 e. The lowest BCUT2D eigenvalue weighted by Gasteiger charge is -2.38. The van der Waals surface area contributed by atoms with Crippen molar-refractivity contribution < 1.29 is 0 Å². The second-order valence-electron chi connectivity index (χ2n) is 4.16. The topological polar surface area (TPSA) is 29.0 Å². The summed E-state index contributed by atoms with van der Waals surface area (Å²) in [4.78, 5) is 10.7. The Morgan fingerprint density at radius 1 is 1.50 bits per heavy atom. The number of hydrogen-bond acceptors (Lipinski definition) is 4. The molecule has 88 valence electrons. The van der Waals surface area contributed by atoms with Crippen molar-refractivity contribution in [2.24, 2.45) is 0 Å². The number of aryl methyl sites for hydroxylation is 1. The van der Waals surface area contributed by atoms with Crippen LogP contribution >= 0.6 is 23.4 Å². The van der Waals surface area contributed by atoms with Gasteiger partial charge in [-0.25, -0.2) is 9.97 Å². The average Bonchev–Trinajstić information content (AvgIpc) is 2.26. The second-order valence-corrected chi connectivity index (χ2v) is 5.98. The summed E-state index contributed by atoms with van der Waals surface area (Å²) in [5.41, 5.74) is 1.09. The van der Waals surface area contributed by atoms with Crippen molar-refractivity contribution in [3.8, 4) is 0 Å². The first kappa shape index (κ1) is 12.0. The van der Waals surface area contributed by atoms with Crippen LogP contribution in [0.4, 0.5) is 5.82 Å². The van der Waals surface area contributed by atoms with Crippen molar-refractivity contribution in [2.45, 2.75) is 32.1 Å². The molecule has 1 saturated heterocycles. The molecule has 0 aliphatic carbocycles. The molecular weight excluding hydrogens is 242 g/mol.